The Morgan fingerprint density at radius 1 is 1.06 bits per heavy atom. The zero-order chi connectivity index (χ0) is 23.2. The molecule has 3 aromatic rings. The second-order valence-electron chi connectivity index (χ2n) is 7.35. The first kappa shape index (κ1) is 22.8. The lowest BCUT2D eigenvalue weighted by Crippen LogP contribution is -2.46. The summed E-state index contributed by atoms with van der Waals surface area (Å²) in [4.78, 5) is 25.2. The van der Waals surface area contributed by atoms with E-state index < -0.39 is 17.5 Å². The Morgan fingerprint density at radius 3 is 2.64 bits per heavy atom. The van der Waals surface area contributed by atoms with Gasteiger partial charge in [0.2, 0.25) is 5.91 Å². The van der Waals surface area contributed by atoms with Gasteiger partial charge in [0.1, 0.15) is 34.6 Å². The molecule has 172 valence electrons. The van der Waals surface area contributed by atoms with Crippen LogP contribution in [0.5, 0.6) is 5.75 Å². The average molecular weight is 472 g/mol. The second-order valence-corrected chi connectivity index (χ2v) is 8.35. The van der Waals surface area contributed by atoms with E-state index in [1.54, 1.807) is 7.11 Å². The number of rotatable bonds is 7. The van der Waals surface area contributed by atoms with Gasteiger partial charge in [-0.2, -0.15) is 0 Å². The number of anilines is 3. The lowest BCUT2D eigenvalue weighted by Gasteiger charge is -2.36. The summed E-state index contributed by atoms with van der Waals surface area (Å²) in [6.45, 7) is 3.25. The van der Waals surface area contributed by atoms with Crippen molar-refractivity contribution in [2.45, 2.75) is 5.03 Å². The third kappa shape index (κ3) is 5.89. The van der Waals surface area contributed by atoms with Gasteiger partial charge in [0, 0.05) is 50.1 Å². The number of piperazine rings is 1. The molecule has 0 spiro atoms. The number of amides is 1. The number of aromatic nitrogens is 2. The highest BCUT2D eigenvalue weighted by Gasteiger charge is 2.19. The highest BCUT2D eigenvalue weighted by atomic mass is 32.2. The van der Waals surface area contributed by atoms with Crippen molar-refractivity contribution in [2.24, 2.45) is 0 Å². The molecule has 1 N–H and O–H groups in total. The molecule has 4 rings (SSSR count). The lowest BCUT2D eigenvalue weighted by molar-refractivity contribution is -0.113. The first-order valence-electron chi connectivity index (χ1n) is 10.4. The van der Waals surface area contributed by atoms with E-state index in [0.29, 0.717) is 5.03 Å². The van der Waals surface area contributed by atoms with Crippen molar-refractivity contribution >= 4 is 34.9 Å². The normalized spacial score (nSPS) is 13.7. The summed E-state index contributed by atoms with van der Waals surface area (Å²) >= 11 is 1.21. The second kappa shape index (κ2) is 10.5. The quantitative estimate of drug-likeness (QED) is 0.415. The summed E-state index contributed by atoms with van der Waals surface area (Å²) in [5.41, 5.74) is 0.937. The van der Waals surface area contributed by atoms with Gasteiger partial charge in [0.05, 0.1) is 18.6 Å². The van der Waals surface area contributed by atoms with Crippen LogP contribution in [0.1, 0.15) is 0 Å². The Bertz CT molecular complexity index is 1130. The van der Waals surface area contributed by atoms with Crippen LogP contribution in [-0.2, 0) is 4.79 Å². The van der Waals surface area contributed by atoms with Gasteiger partial charge >= 0.3 is 0 Å². The SMILES string of the molecule is COc1cccc(N2CCN(c3cc(SCC(=O)Nc4cc(F)ccc4F)ncn3)CC2)c1. The van der Waals surface area contributed by atoms with Crippen LogP contribution >= 0.6 is 11.8 Å². The fourth-order valence-electron chi connectivity index (χ4n) is 3.50. The molecule has 1 amide bonds. The Morgan fingerprint density at radius 2 is 1.85 bits per heavy atom. The number of carbonyl (C=O) groups excluding carboxylic acids is 1. The van der Waals surface area contributed by atoms with Crippen molar-refractivity contribution in [2.75, 3.05) is 54.2 Å². The molecule has 10 heteroatoms. The maximum Gasteiger partial charge on any atom is 0.234 e. The number of hydrogen-bond donors (Lipinski definition) is 1. The molecule has 1 aliphatic heterocycles. The Kier molecular flexibility index (Phi) is 7.23. The first-order valence-corrected chi connectivity index (χ1v) is 11.3. The molecule has 1 aliphatic rings. The summed E-state index contributed by atoms with van der Waals surface area (Å²) in [7, 11) is 1.66. The van der Waals surface area contributed by atoms with Crippen LogP contribution in [0.25, 0.3) is 0 Å². The van der Waals surface area contributed by atoms with E-state index in [4.69, 9.17) is 4.74 Å². The number of methoxy groups -OCH3 is 1. The van der Waals surface area contributed by atoms with Crippen LogP contribution < -0.4 is 19.9 Å². The zero-order valence-electron chi connectivity index (χ0n) is 18.0. The molecule has 0 aliphatic carbocycles. The molecule has 2 heterocycles. The number of ether oxygens (including phenoxy) is 1. The first-order chi connectivity index (χ1) is 16.0. The van der Waals surface area contributed by atoms with Gasteiger partial charge in [0.25, 0.3) is 0 Å². The van der Waals surface area contributed by atoms with Crippen LogP contribution in [0.3, 0.4) is 0 Å². The van der Waals surface area contributed by atoms with Gasteiger partial charge in [0.15, 0.2) is 0 Å². The van der Waals surface area contributed by atoms with Gasteiger partial charge in [-0.1, -0.05) is 17.8 Å². The maximum absolute atomic E-state index is 13.7. The molecule has 0 unspecified atom stereocenters. The number of halogens is 2. The molecule has 1 saturated heterocycles. The van der Waals surface area contributed by atoms with E-state index in [9.17, 15) is 13.6 Å². The molecule has 0 bridgehead atoms. The van der Waals surface area contributed by atoms with E-state index in [0.717, 1.165) is 61.6 Å². The number of carbonyl (C=O) groups is 1. The molecular weight excluding hydrogens is 448 g/mol. The summed E-state index contributed by atoms with van der Waals surface area (Å²) in [6, 6.07) is 12.8. The fourth-order valence-corrected chi connectivity index (χ4v) is 4.16. The Hall–Kier alpha value is -3.40. The third-order valence-electron chi connectivity index (χ3n) is 5.20. The minimum Gasteiger partial charge on any atom is -0.497 e. The minimum atomic E-state index is -0.688. The van der Waals surface area contributed by atoms with E-state index in [1.165, 1.54) is 18.1 Å². The molecule has 1 fully saturated rings. The molecule has 7 nitrogen and oxygen atoms in total. The summed E-state index contributed by atoms with van der Waals surface area (Å²) in [6.07, 6.45) is 1.47. The number of nitrogens with one attached hydrogen (secondary N) is 1. The number of benzene rings is 2. The van der Waals surface area contributed by atoms with Gasteiger partial charge in [-0.15, -0.1) is 0 Å². The number of nitrogens with zero attached hydrogens (tertiary/aromatic N) is 4. The Labute approximate surface area is 194 Å². The average Bonchev–Trinajstić information content (AvgIpc) is 2.85. The van der Waals surface area contributed by atoms with Crippen molar-refractivity contribution in [1.82, 2.24) is 9.97 Å². The van der Waals surface area contributed by atoms with E-state index in [2.05, 4.69) is 31.2 Å². The van der Waals surface area contributed by atoms with E-state index in [1.807, 2.05) is 24.3 Å². The number of hydrogen-bond acceptors (Lipinski definition) is 7. The third-order valence-corrected chi connectivity index (χ3v) is 6.13. The lowest BCUT2D eigenvalue weighted by atomic mass is 10.2. The number of thioether (sulfide) groups is 1. The van der Waals surface area contributed by atoms with Crippen LogP contribution in [0.4, 0.5) is 26.0 Å². The minimum absolute atomic E-state index is 0.00994. The van der Waals surface area contributed by atoms with Crippen LogP contribution in [-0.4, -0.2) is 54.9 Å². The standard InChI is InChI=1S/C23H23F2N5O2S/c1-32-18-4-2-3-17(12-18)29-7-9-30(10-8-29)21-13-23(27-15-26-21)33-14-22(31)28-20-11-16(24)5-6-19(20)25/h2-6,11-13,15H,7-10,14H2,1H3,(H,28,31). The predicted octanol–water partition coefficient (Wildman–Crippen LogP) is 3.82. The summed E-state index contributed by atoms with van der Waals surface area (Å²) in [5.74, 6) is -0.128. The van der Waals surface area contributed by atoms with Gasteiger partial charge in [-0.05, 0) is 24.3 Å². The Balaban J connectivity index is 1.31. The largest absolute Gasteiger partial charge is 0.497 e. The topological polar surface area (TPSA) is 70.6 Å². The summed E-state index contributed by atoms with van der Waals surface area (Å²) in [5, 5.41) is 3.01. The van der Waals surface area contributed by atoms with Crippen molar-refractivity contribution in [3.05, 3.63) is 66.5 Å². The van der Waals surface area contributed by atoms with Crippen LogP contribution in [0, 0.1) is 11.6 Å². The molecule has 0 atom stereocenters. The van der Waals surface area contributed by atoms with Crippen molar-refractivity contribution in [3.63, 3.8) is 0 Å². The smallest absolute Gasteiger partial charge is 0.234 e. The van der Waals surface area contributed by atoms with E-state index in [-0.39, 0.29) is 11.4 Å². The zero-order valence-corrected chi connectivity index (χ0v) is 18.8. The van der Waals surface area contributed by atoms with Gasteiger partial charge in [-0.25, -0.2) is 18.7 Å². The predicted molar refractivity (Wildman–Crippen MR) is 125 cm³/mol. The van der Waals surface area contributed by atoms with Crippen LogP contribution in [0.15, 0.2) is 59.9 Å². The van der Waals surface area contributed by atoms with E-state index >= 15 is 0 Å². The molecular formula is C23H23F2N5O2S. The van der Waals surface area contributed by atoms with Gasteiger partial charge in [-0.3, -0.25) is 4.79 Å². The fraction of sp³-hybridized carbons (Fsp3) is 0.261. The molecule has 33 heavy (non-hydrogen) atoms. The van der Waals surface area contributed by atoms with Gasteiger partial charge < -0.3 is 19.9 Å². The highest BCUT2D eigenvalue weighted by molar-refractivity contribution is 7.99. The molecule has 0 radical (unpaired) electrons. The molecule has 2 aromatic carbocycles. The summed E-state index contributed by atoms with van der Waals surface area (Å²) < 4.78 is 32.3. The molecule has 1 aromatic heterocycles. The van der Waals surface area contributed by atoms with Crippen LogP contribution in [0.2, 0.25) is 0 Å². The monoisotopic (exact) mass is 471 g/mol. The van der Waals surface area contributed by atoms with Crippen molar-refractivity contribution < 1.29 is 18.3 Å². The molecule has 0 saturated carbocycles. The maximum atomic E-state index is 13.7. The highest BCUT2D eigenvalue weighted by Crippen LogP contribution is 2.25. The van der Waals surface area contributed by atoms with Crippen molar-refractivity contribution in [1.29, 1.82) is 0 Å². The van der Waals surface area contributed by atoms with Crippen molar-refractivity contribution in [3.8, 4) is 5.75 Å².